The molecule has 0 unspecified atom stereocenters. The topological polar surface area (TPSA) is 73.7 Å². The summed E-state index contributed by atoms with van der Waals surface area (Å²) >= 11 is 0. The summed E-state index contributed by atoms with van der Waals surface area (Å²) in [5, 5.41) is 4.26. The van der Waals surface area contributed by atoms with Crippen LogP contribution in [0.4, 0.5) is 0 Å². The molecule has 7 nitrogen and oxygen atoms in total. The Bertz CT molecular complexity index is 1050. The van der Waals surface area contributed by atoms with Gasteiger partial charge in [-0.3, -0.25) is 9.59 Å². The first-order valence-electron chi connectivity index (χ1n) is 9.10. The molecule has 7 heteroatoms. The van der Waals surface area contributed by atoms with Crippen molar-refractivity contribution in [2.45, 2.75) is 13.1 Å². The quantitative estimate of drug-likeness (QED) is 0.617. The molecule has 150 valence electrons. The molecule has 3 rings (SSSR count). The Labute approximate surface area is 169 Å². The van der Waals surface area contributed by atoms with E-state index in [9.17, 15) is 9.59 Å². The zero-order chi connectivity index (χ0) is 20.8. The lowest BCUT2D eigenvalue weighted by Crippen LogP contribution is -2.31. The zero-order valence-electron chi connectivity index (χ0n) is 16.7. The fourth-order valence-electron chi connectivity index (χ4n) is 2.94. The summed E-state index contributed by atoms with van der Waals surface area (Å²) in [6, 6.07) is 17.8. The van der Waals surface area contributed by atoms with Crippen molar-refractivity contribution in [2.75, 3.05) is 21.3 Å². The standard InChI is InChI=1S/C22H23N3O4/c1-24(15-17-9-10-18(28-2)13-20(17)29-3)22(27)19-11-12-21(26)25(23-19)14-16-7-5-4-6-8-16/h4-13H,14-15H2,1-3H3. The highest BCUT2D eigenvalue weighted by Crippen LogP contribution is 2.25. The van der Waals surface area contributed by atoms with Gasteiger partial charge in [0, 0.05) is 31.3 Å². The molecule has 0 N–H and O–H groups in total. The lowest BCUT2D eigenvalue weighted by molar-refractivity contribution is 0.0775. The third kappa shape index (κ3) is 4.82. The van der Waals surface area contributed by atoms with E-state index in [-0.39, 0.29) is 17.2 Å². The first-order valence-corrected chi connectivity index (χ1v) is 9.10. The van der Waals surface area contributed by atoms with Crippen LogP contribution in [0.15, 0.2) is 65.5 Å². The molecule has 3 aromatic rings. The van der Waals surface area contributed by atoms with Gasteiger partial charge in [0.15, 0.2) is 0 Å². The summed E-state index contributed by atoms with van der Waals surface area (Å²) < 4.78 is 11.9. The van der Waals surface area contributed by atoms with E-state index in [1.54, 1.807) is 27.3 Å². The van der Waals surface area contributed by atoms with Gasteiger partial charge in [-0.15, -0.1) is 0 Å². The van der Waals surface area contributed by atoms with Gasteiger partial charge < -0.3 is 14.4 Å². The van der Waals surface area contributed by atoms with Gasteiger partial charge in [0.05, 0.1) is 20.8 Å². The van der Waals surface area contributed by atoms with Crippen molar-refractivity contribution in [3.05, 3.63) is 87.8 Å². The van der Waals surface area contributed by atoms with E-state index in [2.05, 4.69) is 5.10 Å². The molecular formula is C22H23N3O4. The molecule has 0 saturated carbocycles. The lowest BCUT2D eigenvalue weighted by Gasteiger charge is -2.19. The van der Waals surface area contributed by atoms with Crippen LogP contribution in [-0.2, 0) is 13.1 Å². The van der Waals surface area contributed by atoms with Crippen molar-refractivity contribution < 1.29 is 14.3 Å². The summed E-state index contributed by atoms with van der Waals surface area (Å²) in [6.07, 6.45) is 0. The second-order valence-corrected chi connectivity index (χ2v) is 6.54. The molecule has 0 spiro atoms. The molecule has 1 heterocycles. The van der Waals surface area contributed by atoms with E-state index in [1.807, 2.05) is 42.5 Å². The number of carbonyl (C=O) groups excluding carboxylic acids is 1. The number of methoxy groups -OCH3 is 2. The number of hydrogen-bond acceptors (Lipinski definition) is 5. The van der Waals surface area contributed by atoms with E-state index < -0.39 is 0 Å². The Morgan fingerprint density at radius 1 is 1.03 bits per heavy atom. The maximum Gasteiger partial charge on any atom is 0.274 e. The molecule has 2 aromatic carbocycles. The van der Waals surface area contributed by atoms with Gasteiger partial charge >= 0.3 is 0 Å². The molecule has 0 fully saturated rings. The highest BCUT2D eigenvalue weighted by molar-refractivity contribution is 5.91. The molecule has 0 aliphatic heterocycles. The van der Waals surface area contributed by atoms with E-state index >= 15 is 0 Å². The fraction of sp³-hybridized carbons (Fsp3) is 0.227. The van der Waals surface area contributed by atoms with Crippen LogP contribution in [0.25, 0.3) is 0 Å². The Kier molecular flexibility index (Phi) is 6.29. The highest BCUT2D eigenvalue weighted by Gasteiger charge is 2.17. The van der Waals surface area contributed by atoms with Crippen LogP contribution in [0, 0.1) is 0 Å². The van der Waals surface area contributed by atoms with Gasteiger partial charge in [0.25, 0.3) is 11.5 Å². The Balaban J connectivity index is 1.79. The number of aromatic nitrogens is 2. The van der Waals surface area contributed by atoms with Gasteiger partial charge in [-0.25, -0.2) is 4.68 Å². The summed E-state index contributed by atoms with van der Waals surface area (Å²) in [4.78, 5) is 26.6. The van der Waals surface area contributed by atoms with Crippen LogP contribution in [0.5, 0.6) is 11.5 Å². The van der Waals surface area contributed by atoms with Crippen LogP contribution in [0.2, 0.25) is 0 Å². The number of rotatable bonds is 7. The Hall–Kier alpha value is -3.61. The van der Waals surface area contributed by atoms with E-state index in [4.69, 9.17) is 9.47 Å². The molecule has 0 aliphatic rings. The van der Waals surface area contributed by atoms with Crippen molar-refractivity contribution in [3.8, 4) is 11.5 Å². The lowest BCUT2D eigenvalue weighted by atomic mass is 10.1. The van der Waals surface area contributed by atoms with Crippen molar-refractivity contribution in [3.63, 3.8) is 0 Å². The Morgan fingerprint density at radius 3 is 2.48 bits per heavy atom. The average molecular weight is 393 g/mol. The fourth-order valence-corrected chi connectivity index (χ4v) is 2.94. The average Bonchev–Trinajstić information content (AvgIpc) is 2.75. The van der Waals surface area contributed by atoms with Gasteiger partial charge in [-0.1, -0.05) is 30.3 Å². The van der Waals surface area contributed by atoms with E-state index in [1.165, 1.54) is 21.7 Å². The highest BCUT2D eigenvalue weighted by atomic mass is 16.5. The molecule has 29 heavy (non-hydrogen) atoms. The van der Waals surface area contributed by atoms with E-state index in [0.29, 0.717) is 24.6 Å². The SMILES string of the molecule is COc1ccc(CN(C)C(=O)c2ccc(=O)n(Cc3ccccc3)n2)c(OC)c1. The monoisotopic (exact) mass is 393 g/mol. The predicted octanol–water partition coefficient (Wildman–Crippen LogP) is 2.58. The molecule has 1 amide bonds. The summed E-state index contributed by atoms with van der Waals surface area (Å²) in [6.45, 7) is 0.627. The van der Waals surface area contributed by atoms with Crippen LogP contribution < -0.4 is 15.0 Å². The zero-order valence-corrected chi connectivity index (χ0v) is 16.7. The van der Waals surface area contributed by atoms with E-state index in [0.717, 1.165) is 11.1 Å². The van der Waals surface area contributed by atoms with Gasteiger partial charge in [0.2, 0.25) is 0 Å². The number of hydrogen-bond donors (Lipinski definition) is 0. The summed E-state index contributed by atoms with van der Waals surface area (Å²) in [7, 11) is 4.83. The predicted molar refractivity (Wildman–Crippen MR) is 109 cm³/mol. The van der Waals surface area contributed by atoms with Crippen molar-refractivity contribution in [1.29, 1.82) is 0 Å². The molecule has 1 aromatic heterocycles. The van der Waals surface area contributed by atoms with Gasteiger partial charge in [-0.2, -0.15) is 5.10 Å². The molecule has 0 bridgehead atoms. The molecule has 0 saturated heterocycles. The van der Waals surface area contributed by atoms with Crippen molar-refractivity contribution in [2.24, 2.45) is 0 Å². The van der Waals surface area contributed by atoms with Crippen LogP contribution in [0.3, 0.4) is 0 Å². The summed E-state index contributed by atoms with van der Waals surface area (Å²) in [5.41, 5.74) is 1.71. The maximum absolute atomic E-state index is 12.9. The minimum Gasteiger partial charge on any atom is -0.497 e. The third-order valence-electron chi connectivity index (χ3n) is 4.51. The summed E-state index contributed by atoms with van der Waals surface area (Å²) in [5.74, 6) is 1.02. The van der Waals surface area contributed by atoms with Crippen LogP contribution >= 0.6 is 0 Å². The van der Waals surface area contributed by atoms with Crippen LogP contribution in [0.1, 0.15) is 21.6 Å². The first-order chi connectivity index (χ1) is 14.0. The first kappa shape index (κ1) is 20.1. The minimum absolute atomic E-state index is 0.204. The smallest absolute Gasteiger partial charge is 0.274 e. The normalized spacial score (nSPS) is 10.4. The van der Waals surface area contributed by atoms with Gasteiger partial charge in [-0.05, 0) is 23.8 Å². The van der Waals surface area contributed by atoms with Gasteiger partial charge in [0.1, 0.15) is 17.2 Å². The molecular weight excluding hydrogens is 370 g/mol. The maximum atomic E-state index is 12.9. The minimum atomic E-state index is -0.287. The third-order valence-corrected chi connectivity index (χ3v) is 4.51. The Morgan fingerprint density at radius 2 is 1.79 bits per heavy atom. The van der Waals surface area contributed by atoms with Crippen LogP contribution in [-0.4, -0.2) is 41.9 Å². The number of carbonyl (C=O) groups is 1. The van der Waals surface area contributed by atoms with Crippen molar-refractivity contribution in [1.82, 2.24) is 14.7 Å². The number of nitrogens with zero attached hydrogens (tertiary/aromatic N) is 3. The number of ether oxygens (including phenoxy) is 2. The number of amides is 1. The number of benzene rings is 2. The molecule has 0 atom stereocenters. The molecule has 0 aliphatic carbocycles. The molecule has 0 radical (unpaired) electrons. The second kappa shape index (κ2) is 9.05. The largest absolute Gasteiger partial charge is 0.497 e. The van der Waals surface area contributed by atoms with Crippen molar-refractivity contribution >= 4 is 5.91 Å². The second-order valence-electron chi connectivity index (χ2n) is 6.54.